The molecule has 2 heterocycles. The zero-order valence-corrected chi connectivity index (χ0v) is 14.5. The third-order valence-electron chi connectivity index (χ3n) is 3.66. The second kappa shape index (κ2) is 8.39. The fourth-order valence-electron chi connectivity index (χ4n) is 2.40. The maximum Gasteiger partial charge on any atom is 0.416 e. The highest BCUT2D eigenvalue weighted by atomic mass is 19.4. The molecule has 0 radical (unpaired) electrons. The Morgan fingerprint density at radius 2 is 1.83 bits per heavy atom. The van der Waals surface area contributed by atoms with Crippen LogP contribution in [-0.4, -0.2) is 31.5 Å². The van der Waals surface area contributed by atoms with E-state index in [0.29, 0.717) is 5.69 Å². The Bertz CT molecular complexity index is 960. The Balaban J connectivity index is 1.80. The average molecular weight is 416 g/mol. The first-order valence-electron chi connectivity index (χ1n) is 8.02. The summed E-state index contributed by atoms with van der Waals surface area (Å²) in [7, 11) is 0. The number of aromatic nitrogens is 4. The number of aliphatic hydroxyl groups is 1. The smallest absolute Gasteiger partial charge is 0.416 e. The molecule has 0 saturated heterocycles. The largest absolute Gasteiger partial charge is 0.486 e. The molecule has 3 rings (SSSR count). The third kappa shape index (κ3) is 4.96. The predicted molar refractivity (Wildman–Crippen MR) is 87.5 cm³/mol. The van der Waals surface area contributed by atoms with Crippen molar-refractivity contribution in [2.45, 2.75) is 26.0 Å². The minimum absolute atomic E-state index is 0.00302. The van der Waals surface area contributed by atoms with Crippen molar-refractivity contribution >= 4 is 0 Å². The summed E-state index contributed by atoms with van der Waals surface area (Å²) in [4.78, 5) is 7.92. The van der Waals surface area contributed by atoms with Crippen molar-refractivity contribution in [3.05, 3.63) is 59.7 Å². The van der Waals surface area contributed by atoms with E-state index in [2.05, 4.69) is 19.8 Å². The monoisotopic (exact) mass is 416 g/mol. The molecule has 0 aliphatic rings. The van der Waals surface area contributed by atoms with Crippen molar-refractivity contribution in [2.24, 2.45) is 0 Å². The van der Waals surface area contributed by atoms with Crippen LogP contribution in [0, 0.1) is 0 Å². The van der Waals surface area contributed by atoms with Gasteiger partial charge in [-0.05, 0) is 18.2 Å². The van der Waals surface area contributed by atoms with Crippen LogP contribution in [0.4, 0.5) is 22.0 Å². The normalized spacial score (nSPS) is 11.7. The highest BCUT2D eigenvalue weighted by Crippen LogP contribution is 2.37. The number of alkyl halides is 5. The standard InChI is InChI=1S/C17H13F5N4O3/c18-15(19)29-14-3-1-2-13(17(20,21)22)12(14)9-28-11-6-23-16(24-7-11)26-5-4-10(8-27)25-26/h1-7,15,27H,8-9H2. The number of rotatable bonds is 7. The lowest BCUT2D eigenvalue weighted by Gasteiger charge is -2.17. The van der Waals surface area contributed by atoms with E-state index >= 15 is 0 Å². The van der Waals surface area contributed by atoms with Gasteiger partial charge < -0.3 is 14.6 Å². The van der Waals surface area contributed by atoms with Gasteiger partial charge in [-0.2, -0.15) is 27.1 Å². The summed E-state index contributed by atoms with van der Waals surface area (Å²) in [6, 6.07) is 4.25. The topological polar surface area (TPSA) is 82.3 Å². The molecule has 3 aromatic rings. The molecule has 7 nitrogen and oxygen atoms in total. The summed E-state index contributed by atoms with van der Waals surface area (Å²) in [5.41, 5.74) is -1.34. The molecule has 12 heteroatoms. The molecule has 1 aromatic carbocycles. The highest BCUT2D eigenvalue weighted by Gasteiger charge is 2.35. The highest BCUT2D eigenvalue weighted by molar-refractivity contribution is 5.42. The first-order chi connectivity index (χ1) is 13.8. The second-order valence-electron chi connectivity index (χ2n) is 5.58. The van der Waals surface area contributed by atoms with Crippen LogP contribution in [0.2, 0.25) is 0 Å². The lowest BCUT2D eigenvalue weighted by atomic mass is 10.1. The Kier molecular flexibility index (Phi) is 5.92. The molecule has 0 amide bonds. The first-order valence-corrected chi connectivity index (χ1v) is 8.02. The van der Waals surface area contributed by atoms with E-state index in [9.17, 15) is 22.0 Å². The van der Waals surface area contributed by atoms with Gasteiger partial charge in [0.15, 0.2) is 5.75 Å². The van der Waals surface area contributed by atoms with E-state index in [1.165, 1.54) is 23.3 Å². The van der Waals surface area contributed by atoms with Crippen molar-refractivity contribution in [1.29, 1.82) is 0 Å². The van der Waals surface area contributed by atoms with E-state index in [1.54, 1.807) is 6.07 Å². The number of halogens is 5. The Hall–Kier alpha value is -3.28. The van der Waals surface area contributed by atoms with Crippen molar-refractivity contribution in [3.63, 3.8) is 0 Å². The molecule has 0 atom stereocenters. The Labute approximate surface area is 160 Å². The lowest BCUT2D eigenvalue weighted by molar-refractivity contribution is -0.139. The zero-order chi connectivity index (χ0) is 21.0. The maximum atomic E-state index is 13.2. The summed E-state index contributed by atoms with van der Waals surface area (Å²) < 4.78 is 75.4. The van der Waals surface area contributed by atoms with E-state index in [0.717, 1.165) is 18.2 Å². The molecular formula is C17H13F5N4O3. The summed E-state index contributed by atoms with van der Waals surface area (Å²) >= 11 is 0. The molecule has 1 N–H and O–H groups in total. The first kappa shape index (κ1) is 20.5. The summed E-state index contributed by atoms with van der Waals surface area (Å²) in [5.74, 6) is -0.502. The summed E-state index contributed by atoms with van der Waals surface area (Å²) in [6.45, 7) is -4.26. The predicted octanol–water partition coefficient (Wildman–Crippen LogP) is 3.35. The van der Waals surface area contributed by atoms with Crippen LogP contribution in [0.15, 0.2) is 42.9 Å². The lowest BCUT2D eigenvalue weighted by Crippen LogP contribution is -2.14. The molecule has 29 heavy (non-hydrogen) atoms. The van der Waals surface area contributed by atoms with Crippen LogP contribution in [0.3, 0.4) is 0 Å². The zero-order valence-electron chi connectivity index (χ0n) is 14.5. The van der Waals surface area contributed by atoms with Crippen molar-refractivity contribution in [2.75, 3.05) is 0 Å². The van der Waals surface area contributed by atoms with Gasteiger partial charge in [-0.15, -0.1) is 0 Å². The average Bonchev–Trinajstić information content (AvgIpc) is 3.15. The fourth-order valence-corrected chi connectivity index (χ4v) is 2.40. The van der Waals surface area contributed by atoms with Gasteiger partial charge in [-0.3, -0.25) is 0 Å². The number of aliphatic hydroxyl groups excluding tert-OH is 1. The van der Waals surface area contributed by atoms with Gasteiger partial charge in [0.25, 0.3) is 5.95 Å². The molecule has 0 fully saturated rings. The Morgan fingerprint density at radius 1 is 1.10 bits per heavy atom. The minimum atomic E-state index is -4.79. The number of benzene rings is 1. The number of hydrogen-bond donors (Lipinski definition) is 1. The Morgan fingerprint density at radius 3 is 2.41 bits per heavy atom. The minimum Gasteiger partial charge on any atom is -0.486 e. The second-order valence-corrected chi connectivity index (χ2v) is 5.58. The van der Waals surface area contributed by atoms with Crippen LogP contribution in [-0.2, 0) is 19.4 Å². The molecule has 0 unspecified atom stereocenters. The van der Waals surface area contributed by atoms with Gasteiger partial charge in [-0.25, -0.2) is 14.6 Å². The molecule has 0 aliphatic heterocycles. The van der Waals surface area contributed by atoms with Crippen molar-refractivity contribution in [3.8, 4) is 17.4 Å². The molecule has 0 bridgehead atoms. The van der Waals surface area contributed by atoms with Gasteiger partial charge in [0.05, 0.1) is 30.3 Å². The molecule has 154 valence electrons. The summed E-state index contributed by atoms with van der Waals surface area (Å²) in [5, 5.41) is 13.0. The van der Waals surface area contributed by atoms with Crippen LogP contribution < -0.4 is 9.47 Å². The number of hydrogen-bond acceptors (Lipinski definition) is 6. The maximum absolute atomic E-state index is 13.2. The number of ether oxygens (including phenoxy) is 2. The van der Waals surface area contributed by atoms with Crippen LogP contribution in [0.5, 0.6) is 11.5 Å². The van der Waals surface area contributed by atoms with Gasteiger partial charge in [0, 0.05) is 11.8 Å². The van der Waals surface area contributed by atoms with E-state index in [-0.39, 0.29) is 18.3 Å². The SMILES string of the molecule is OCc1ccn(-c2ncc(OCc3c(OC(F)F)cccc3C(F)(F)F)cn2)n1. The van der Waals surface area contributed by atoms with E-state index in [1.807, 2.05) is 0 Å². The van der Waals surface area contributed by atoms with Crippen LogP contribution in [0.1, 0.15) is 16.8 Å². The molecular weight excluding hydrogens is 403 g/mol. The van der Waals surface area contributed by atoms with Crippen LogP contribution >= 0.6 is 0 Å². The third-order valence-corrected chi connectivity index (χ3v) is 3.66. The number of nitrogens with zero attached hydrogens (tertiary/aromatic N) is 4. The molecule has 2 aromatic heterocycles. The van der Waals surface area contributed by atoms with Crippen LogP contribution in [0.25, 0.3) is 5.95 Å². The molecule has 0 aliphatic carbocycles. The van der Waals surface area contributed by atoms with E-state index in [4.69, 9.17) is 9.84 Å². The van der Waals surface area contributed by atoms with Gasteiger partial charge in [0.1, 0.15) is 12.4 Å². The van der Waals surface area contributed by atoms with Gasteiger partial charge in [0.2, 0.25) is 0 Å². The van der Waals surface area contributed by atoms with E-state index < -0.39 is 36.3 Å². The van der Waals surface area contributed by atoms with Gasteiger partial charge >= 0.3 is 12.8 Å². The van der Waals surface area contributed by atoms with Gasteiger partial charge in [-0.1, -0.05) is 6.07 Å². The molecule has 0 saturated carbocycles. The van der Waals surface area contributed by atoms with Crippen molar-refractivity contribution in [1.82, 2.24) is 19.7 Å². The quantitative estimate of drug-likeness (QED) is 0.595. The molecule has 0 spiro atoms. The fraction of sp³-hybridized carbons (Fsp3) is 0.235. The summed E-state index contributed by atoms with van der Waals surface area (Å²) in [6.07, 6.45) is -0.904. The van der Waals surface area contributed by atoms with Crippen molar-refractivity contribution < 1.29 is 36.5 Å².